The molecule has 0 saturated carbocycles. The lowest BCUT2D eigenvalue weighted by atomic mass is 10.1. The summed E-state index contributed by atoms with van der Waals surface area (Å²) in [5, 5.41) is 5.82. The quantitative estimate of drug-likeness (QED) is 0.442. The highest BCUT2D eigenvalue weighted by Gasteiger charge is 2.17. The fraction of sp³-hybridized carbons (Fsp3) is 0.0455. The predicted molar refractivity (Wildman–Crippen MR) is 115 cm³/mol. The molecule has 1 aromatic heterocycles. The molecular weight excluding hydrogens is 442 g/mol. The summed E-state index contributed by atoms with van der Waals surface area (Å²) in [7, 11) is -3.81. The molecule has 0 unspecified atom stereocenters. The molecule has 31 heavy (non-hydrogen) atoms. The molecule has 4 aromatic rings. The molecule has 1 heterocycles. The Hall–Kier alpha value is -3.14. The van der Waals surface area contributed by atoms with Gasteiger partial charge in [0.05, 0.1) is 15.5 Å². The predicted octanol–water partition coefficient (Wildman–Crippen LogP) is 4.98. The summed E-state index contributed by atoms with van der Waals surface area (Å²) in [5.74, 6) is -0.211. The molecule has 0 radical (unpaired) electrons. The van der Waals surface area contributed by atoms with E-state index in [2.05, 4.69) is 4.98 Å². The van der Waals surface area contributed by atoms with Gasteiger partial charge in [0.1, 0.15) is 29.0 Å². The monoisotopic (exact) mass is 458 g/mol. The van der Waals surface area contributed by atoms with Gasteiger partial charge in [-0.15, -0.1) is 11.3 Å². The normalized spacial score (nSPS) is 11.5. The van der Waals surface area contributed by atoms with Crippen LogP contribution in [-0.2, 0) is 16.6 Å². The fourth-order valence-corrected chi connectivity index (χ4v) is 4.42. The van der Waals surface area contributed by atoms with Crippen molar-refractivity contribution in [2.45, 2.75) is 11.5 Å². The maximum Gasteiger partial charge on any atom is 0.238 e. The number of nitrogens with two attached hydrogens (primary N) is 1. The summed E-state index contributed by atoms with van der Waals surface area (Å²) in [6.07, 6.45) is 0. The minimum atomic E-state index is -3.81. The van der Waals surface area contributed by atoms with Crippen LogP contribution in [0.5, 0.6) is 5.75 Å². The highest BCUT2D eigenvalue weighted by molar-refractivity contribution is 7.89. The number of halogens is 2. The lowest BCUT2D eigenvalue weighted by Crippen LogP contribution is -2.11. The molecule has 0 saturated heterocycles. The molecule has 4 rings (SSSR count). The summed E-state index contributed by atoms with van der Waals surface area (Å²) in [5.41, 5.74) is 2.05. The standard InChI is InChI=1S/C22H16F2N2O3S2/c23-16-5-1-15(2-6-16)22-21(14-3-11-19(12-4-14)31(25,27)28)26-20(30-22)13-29-18-9-7-17(24)8-10-18/h1-12H,13H2,(H2,25,27,28). The van der Waals surface area contributed by atoms with Crippen LogP contribution in [0.25, 0.3) is 21.7 Å². The molecule has 158 valence electrons. The van der Waals surface area contributed by atoms with Crippen molar-refractivity contribution in [3.8, 4) is 27.4 Å². The van der Waals surface area contributed by atoms with Gasteiger partial charge in [0.25, 0.3) is 0 Å². The molecule has 9 heteroatoms. The van der Waals surface area contributed by atoms with Gasteiger partial charge in [-0.25, -0.2) is 27.3 Å². The third-order valence-electron chi connectivity index (χ3n) is 4.41. The summed E-state index contributed by atoms with van der Waals surface area (Å²) in [4.78, 5) is 5.42. The fourth-order valence-electron chi connectivity index (χ4n) is 2.90. The largest absolute Gasteiger partial charge is 0.486 e. The van der Waals surface area contributed by atoms with Crippen LogP contribution >= 0.6 is 11.3 Å². The van der Waals surface area contributed by atoms with Crippen molar-refractivity contribution in [3.05, 3.63) is 89.4 Å². The molecule has 0 aliphatic rings. The zero-order valence-corrected chi connectivity index (χ0v) is 17.6. The van der Waals surface area contributed by atoms with Gasteiger partial charge in [-0.2, -0.15) is 0 Å². The molecular formula is C22H16F2N2O3S2. The number of primary sulfonamides is 1. The second kappa shape index (κ2) is 8.54. The smallest absolute Gasteiger partial charge is 0.238 e. The van der Waals surface area contributed by atoms with Gasteiger partial charge < -0.3 is 4.74 Å². The average molecular weight is 459 g/mol. The molecule has 5 nitrogen and oxygen atoms in total. The maximum absolute atomic E-state index is 13.4. The van der Waals surface area contributed by atoms with E-state index >= 15 is 0 Å². The minimum Gasteiger partial charge on any atom is -0.486 e. The number of rotatable bonds is 6. The second-order valence-corrected chi connectivity index (χ2v) is 9.25. The number of ether oxygens (including phenoxy) is 1. The van der Waals surface area contributed by atoms with Crippen molar-refractivity contribution < 1.29 is 21.9 Å². The highest BCUT2D eigenvalue weighted by Crippen LogP contribution is 2.37. The molecule has 0 aliphatic carbocycles. The van der Waals surface area contributed by atoms with Crippen molar-refractivity contribution >= 4 is 21.4 Å². The zero-order valence-electron chi connectivity index (χ0n) is 16.0. The Morgan fingerprint density at radius 3 is 1.97 bits per heavy atom. The van der Waals surface area contributed by atoms with Gasteiger partial charge in [0.15, 0.2) is 0 Å². The van der Waals surface area contributed by atoms with Gasteiger partial charge in [-0.1, -0.05) is 24.3 Å². The molecule has 3 aromatic carbocycles. The van der Waals surface area contributed by atoms with Crippen molar-refractivity contribution in [3.63, 3.8) is 0 Å². The number of benzene rings is 3. The SMILES string of the molecule is NS(=O)(=O)c1ccc(-c2nc(COc3ccc(F)cc3)sc2-c2ccc(F)cc2)cc1. The second-order valence-electron chi connectivity index (χ2n) is 6.60. The lowest BCUT2D eigenvalue weighted by Gasteiger charge is -2.04. The maximum atomic E-state index is 13.4. The van der Waals surface area contributed by atoms with Crippen molar-refractivity contribution in [1.82, 2.24) is 4.98 Å². The number of sulfonamides is 1. The molecule has 0 fully saturated rings. The third kappa shape index (κ3) is 4.96. The minimum absolute atomic E-state index is 0.00493. The summed E-state index contributed by atoms with van der Waals surface area (Å²) < 4.78 is 55.2. The lowest BCUT2D eigenvalue weighted by molar-refractivity contribution is 0.305. The average Bonchev–Trinajstić information content (AvgIpc) is 3.18. The number of hydrogen-bond acceptors (Lipinski definition) is 5. The molecule has 0 amide bonds. The molecule has 0 bridgehead atoms. The van der Waals surface area contributed by atoms with Crippen LogP contribution in [0.4, 0.5) is 8.78 Å². The van der Waals surface area contributed by atoms with Crippen LogP contribution in [0.2, 0.25) is 0 Å². The summed E-state index contributed by atoms with van der Waals surface area (Å²) in [6.45, 7) is 0.153. The molecule has 0 aliphatic heterocycles. The Labute approximate surface area is 181 Å². The third-order valence-corrected chi connectivity index (χ3v) is 6.42. The Bertz CT molecular complexity index is 1300. The zero-order chi connectivity index (χ0) is 22.0. The van der Waals surface area contributed by atoms with E-state index < -0.39 is 10.0 Å². The van der Waals surface area contributed by atoms with Crippen LogP contribution in [0.1, 0.15) is 5.01 Å². The van der Waals surface area contributed by atoms with Gasteiger partial charge in [0, 0.05) is 5.56 Å². The van der Waals surface area contributed by atoms with Crippen LogP contribution in [0.15, 0.2) is 77.7 Å². The first-order valence-corrected chi connectivity index (χ1v) is 11.4. The van der Waals surface area contributed by atoms with E-state index in [4.69, 9.17) is 9.88 Å². The van der Waals surface area contributed by atoms with Gasteiger partial charge in [0.2, 0.25) is 10.0 Å². The number of thiazole rings is 1. The first-order chi connectivity index (χ1) is 14.8. The van der Waals surface area contributed by atoms with Crippen LogP contribution in [0.3, 0.4) is 0 Å². The Morgan fingerprint density at radius 1 is 0.839 bits per heavy atom. The van der Waals surface area contributed by atoms with Crippen molar-refractivity contribution in [2.24, 2.45) is 5.14 Å². The van der Waals surface area contributed by atoms with E-state index in [1.165, 1.54) is 59.9 Å². The topological polar surface area (TPSA) is 82.3 Å². The number of aromatic nitrogens is 1. The van der Waals surface area contributed by atoms with E-state index in [0.29, 0.717) is 22.0 Å². The van der Waals surface area contributed by atoms with E-state index in [-0.39, 0.29) is 23.1 Å². The van der Waals surface area contributed by atoms with Crippen LogP contribution in [0, 0.1) is 11.6 Å². The van der Waals surface area contributed by atoms with Gasteiger partial charge in [-0.3, -0.25) is 0 Å². The number of nitrogens with zero attached hydrogens (tertiary/aromatic N) is 1. The van der Waals surface area contributed by atoms with Crippen LogP contribution < -0.4 is 9.88 Å². The Balaban J connectivity index is 1.70. The van der Waals surface area contributed by atoms with Crippen molar-refractivity contribution in [2.75, 3.05) is 0 Å². The first-order valence-electron chi connectivity index (χ1n) is 9.07. The first kappa shape index (κ1) is 21.1. The summed E-state index contributed by atoms with van der Waals surface area (Å²) >= 11 is 1.37. The van der Waals surface area contributed by atoms with Gasteiger partial charge >= 0.3 is 0 Å². The Morgan fingerprint density at radius 2 is 1.39 bits per heavy atom. The van der Waals surface area contributed by atoms with E-state index in [1.54, 1.807) is 24.3 Å². The molecule has 0 atom stereocenters. The van der Waals surface area contributed by atoms with Crippen LogP contribution in [-0.4, -0.2) is 13.4 Å². The van der Waals surface area contributed by atoms with E-state index in [0.717, 1.165) is 10.4 Å². The molecule has 2 N–H and O–H groups in total. The van der Waals surface area contributed by atoms with E-state index in [1.807, 2.05) is 0 Å². The Kier molecular flexibility index (Phi) is 5.81. The highest BCUT2D eigenvalue weighted by atomic mass is 32.2. The molecule has 0 spiro atoms. The van der Waals surface area contributed by atoms with E-state index in [9.17, 15) is 17.2 Å². The van der Waals surface area contributed by atoms with Crippen molar-refractivity contribution in [1.29, 1.82) is 0 Å². The van der Waals surface area contributed by atoms with Gasteiger partial charge in [-0.05, 0) is 54.1 Å². The number of hydrogen-bond donors (Lipinski definition) is 1. The summed E-state index contributed by atoms with van der Waals surface area (Å²) in [6, 6.07) is 17.7.